The summed E-state index contributed by atoms with van der Waals surface area (Å²) in [7, 11) is 4.76. The number of nitrogens with zero attached hydrogens (tertiary/aromatic N) is 7. The summed E-state index contributed by atoms with van der Waals surface area (Å²) in [5.41, 5.74) is 0.304. The maximum Gasteiger partial charge on any atom is 0.230 e. The highest BCUT2D eigenvalue weighted by atomic mass is 15.4. The molecule has 0 saturated carbocycles. The number of anilines is 2. The van der Waals surface area contributed by atoms with Gasteiger partial charge in [0, 0.05) is 47.3 Å². The van der Waals surface area contributed by atoms with E-state index in [4.69, 9.17) is 15.0 Å². The molecule has 4 rings (SSSR count). The quantitative estimate of drug-likeness (QED) is 0.446. The molecule has 1 aromatic heterocycles. The third-order valence-corrected chi connectivity index (χ3v) is 10.6. The van der Waals surface area contributed by atoms with E-state index in [1.54, 1.807) is 0 Å². The van der Waals surface area contributed by atoms with Crippen LogP contribution in [0.3, 0.4) is 0 Å². The molecule has 1 aromatic rings. The van der Waals surface area contributed by atoms with Gasteiger partial charge in [-0.15, -0.1) is 0 Å². The molecule has 2 fully saturated rings. The fourth-order valence-corrected chi connectivity index (χ4v) is 8.22. The molecular weight excluding hydrogens is 470 g/mol. The minimum absolute atomic E-state index is 0.0657. The van der Waals surface area contributed by atoms with Crippen molar-refractivity contribution >= 4 is 11.9 Å². The van der Waals surface area contributed by atoms with Crippen molar-refractivity contribution < 1.29 is 0 Å². The molecular formula is C31H57N7. The lowest BCUT2D eigenvalue weighted by atomic mass is 9.66. The van der Waals surface area contributed by atoms with Crippen LogP contribution in [-0.2, 0) is 0 Å². The number of rotatable bonds is 6. The lowest BCUT2D eigenvalue weighted by Gasteiger charge is -2.63. The fraction of sp³-hybridized carbons (Fsp3) is 0.903. The Morgan fingerprint density at radius 2 is 1.05 bits per heavy atom. The fourth-order valence-electron chi connectivity index (χ4n) is 8.22. The topological polar surface area (TPSA) is 51.6 Å². The molecule has 0 radical (unpaired) electrons. The van der Waals surface area contributed by atoms with Crippen LogP contribution in [0, 0.1) is 6.92 Å². The minimum Gasteiger partial charge on any atom is -0.338 e. The molecule has 216 valence electrons. The molecule has 3 aliphatic rings. The van der Waals surface area contributed by atoms with Gasteiger partial charge < -0.3 is 9.80 Å². The lowest BCUT2D eigenvalue weighted by Crippen LogP contribution is -2.70. The molecule has 0 spiro atoms. The van der Waals surface area contributed by atoms with Crippen molar-refractivity contribution in [3.05, 3.63) is 5.82 Å². The van der Waals surface area contributed by atoms with Crippen LogP contribution < -0.4 is 9.80 Å². The van der Waals surface area contributed by atoms with Crippen LogP contribution in [0.1, 0.15) is 119 Å². The SMILES string of the molecule is CCCCN1c2nc(C)nc(n2)N(CCCC)C2CC(C)(C)N(C)C(C)(C2)CC2(C)CC1CC(C)(C)N2C. The average molecular weight is 528 g/mol. The van der Waals surface area contributed by atoms with Crippen molar-refractivity contribution in [3.8, 4) is 0 Å². The smallest absolute Gasteiger partial charge is 0.230 e. The van der Waals surface area contributed by atoms with Crippen molar-refractivity contribution in [1.82, 2.24) is 24.8 Å². The van der Waals surface area contributed by atoms with Crippen LogP contribution in [0.5, 0.6) is 0 Å². The van der Waals surface area contributed by atoms with Gasteiger partial charge in [0.25, 0.3) is 0 Å². The molecule has 6 bridgehead atoms. The van der Waals surface area contributed by atoms with Gasteiger partial charge in [0.1, 0.15) is 5.82 Å². The molecule has 0 aliphatic carbocycles. The Balaban J connectivity index is 1.95. The summed E-state index contributed by atoms with van der Waals surface area (Å²) in [6.45, 7) is 23.5. The zero-order valence-electron chi connectivity index (χ0n) is 26.6. The zero-order chi connectivity index (χ0) is 28.1. The number of unbranched alkanes of at least 4 members (excludes halogenated alkanes) is 2. The molecule has 0 amide bonds. The van der Waals surface area contributed by atoms with E-state index in [1.165, 1.54) is 12.8 Å². The maximum atomic E-state index is 5.31. The zero-order valence-corrected chi connectivity index (χ0v) is 26.6. The van der Waals surface area contributed by atoms with Crippen LogP contribution >= 0.6 is 0 Å². The number of aromatic nitrogens is 3. The highest BCUT2D eigenvalue weighted by Crippen LogP contribution is 2.49. The first-order valence-electron chi connectivity index (χ1n) is 15.4. The Hall–Kier alpha value is -1.47. The van der Waals surface area contributed by atoms with Crippen LogP contribution in [0.25, 0.3) is 0 Å². The molecule has 0 aromatic carbocycles. The molecule has 38 heavy (non-hydrogen) atoms. The standard InChI is InChI=1S/C31H57N7/c1-12-14-16-37-24-18-28(4,5)35(10)30(8,20-24)22-31(9)21-25(19-29(6,7)36(31)11)38(17-15-13-2)27-33-23(3)32-26(37)34-27/h24-25H,12-22H2,1-11H3. The third kappa shape index (κ3) is 5.43. The molecule has 4 unspecified atom stereocenters. The van der Waals surface area contributed by atoms with Gasteiger partial charge in [-0.05, 0) is 108 Å². The first kappa shape index (κ1) is 29.5. The van der Waals surface area contributed by atoms with Crippen molar-refractivity contribution in [3.63, 3.8) is 0 Å². The Labute approximate surface area is 233 Å². The predicted octanol–water partition coefficient (Wildman–Crippen LogP) is 6.06. The monoisotopic (exact) mass is 527 g/mol. The second-order valence-corrected chi connectivity index (χ2v) is 14.6. The van der Waals surface area contributed by atoms with Crippen molar-refractivity contribution in [2.45, 2.75) is 154 Å². The Bertz CT molecular complexity index is 905. The van der Waals surface area contributed by atoms with Gasteiger partial charge in [-0.25, -0.2) is 0 Å². The largest absolute Gasteiger partial charge is 0.338 e. The van der Waals surface area contributed by atoms with Crippen molar-refractivity contribution in [2.75, 3.05) is 37.0 Å². The van der Waals surface area contributed by atoms with Crippen LogP contribution in [0.2, 0.25) is 0 Å². The minimum atomic E-state index is 0.0657. The lowest BCUT2D eigenvalue weighted by molar-refractivity contribution is -0.0913. The molecule has 7 heteroatoms. The first-order valence-corrected chi connectivity index (χ1v) is 15.4. The first-order chi connectivity index (χ1) is 17.7. The summed E-state index contributed by atoms with van der Waals surface area (Å²) in [4.78, 5) is 25.9. The Kier molecular flexibility index (Phi) is 8.15. The van der Waals surface area contributed by atoms with Gasteiger partial charge in [-0.2, -0.15) is 15.0 Å². The summed E-state index contributed by atoms with van der Waals surface area (Å²) >= 11 is 0. The maximum absolute atomic E-state index is 5.31. The van der Waals surface area contributed by atoms with E-state index in [1.807, 2.05) is 0 Å². The Morgan fingerprint density at radius 3 is 1.42 bits per heavy atom. The van der Waals surface area contributed by atoms with E-state index in [9.17, 15) is 0 Å². The second kappa shape index (κ2) is 10.5. The van der Waals surface area contributed by atoms with E-state index in [0.29, 0.717) is 12.1 Å². The number of hydrogen-bond acceptors (Lipinski definition) is 7. The summed E-state index contributed by atoms with van der Waals surface area (Å²) in [6.07, 6.45) is 10.3. The number of fused-ring (bicyclic) bond motifs is 6. The molecule has 4 atom stereocenters. The van der Waals surface area contributed by atoms with Gasteiger partial charge in [-0.1, -0.05) is 26.7 Å². The number of piperidine rings is 2. The van der Waals surface area contributed by atoms with Crippen LogP contribution in [-0.4, -0.2) is 86.2 Å². The van der Waals surface area contributed by atoms with Gasteiger partial charge in [0.05, 0.1) is 0 Å². The molecule has 7 nitrogen and oxygen atoms in total. The van der Waals surface area contributed by atoms with Crippen molar-refractivity contribution in [2.24, 2.45) is 0 Å². The summed E-state index contributed by atoms with van der Waals surface area (Å²) in [5.74, 6) is 2.63. The van der Waals surface area contributed by atoms with Gasteiger partial charge in [-0.3, -0.25) is 9.80 Å². The highest BCUT2D eigenvalue weighted by Gasteiger charge is 2.55. The molecule has 3 aliphatic heterocycles. The Morgan fingerprint density at radius 1 is 0.658 bits per heavy atom. The van der Waals surface area contributed by atoms with Crippen LogP contribution in [0.4, 0.5) is 11.9 Å². The highest BCUT2D eigenvalue weighted by molar-refractivity contribution is 5.42. The van der Waals surface area contributed by atoms with E-state index in [2.05, 4.69) is 96.0 Å². The van der Waals surface area contributed by atoms with Gasteiger partial charge >= 0.3 is 0 Å². The third-order valence-electron chi connectivity index (χ3n) is 10.6. The number of hydrogen-bond donors (Lipinski definition) is 0. The number of likely N-dealkylation sites (tertiary alicyclic amines) is 2. The van der Waals surface area contributed by atoms with Crippen LogP contribution in [0.15, 0.2) is 0 Å². The van der Waals surface area contributed by atoms with E-state index in [-0.39, 0.29) is 22.2 Å². The number of aryl methyl sites for hydroxylation is 1. The molecule has 2 saturated heterocycles. The van der Waals surface area contributed by atoms with E-state index >= 15 is 0 Å². The normalized spacial score (nSPS) is 33.6. The van der Waals surface area contributed by atoms with E-state index < -0.39 is 0 Å². The molecule has 4 heterocycles. The average Bonchev–Trinajstić information content (AvgIpc) is 2.80. The summed E-state index contributed by atoms with van der Waals surface area (Å²) < 4.78 is 0. The van der Waals surface area contributed by atoms with Gasteiger partial charge in [0.15, 0.2) is 0 Å². The van der Waals surface area contributed by atoms with Gasteiger partial charge in [0.2, 0.25) is 11.9 Å². The summed E-state index contributed by atoms with van der Waals surface area (Å²) in [5, 5.41) is 0. The van der Waals surface area contributed by atoms with Crippen molar-refractivity contribution in [1.29, 1.82) is 0 Å². The van der Waals surface area contributed by atoms with E-state index in [0.717, 1.165) is 75.8 Å². The predicted molar refractivity (Wildman–Crippen MR) is 160 cm³/mol. The summed E-state index contributed by atoms with van der Waals surface area (Å²) in [6, 6.07) is 0.800. The molecule has 0 N–H and O–H groups in total. The second-order valence-electron chi connectivity index (χ2n) is 14.6.